The van der Waals surface area contributed by atoms with Crippen LogP contribution in [0, 0.1) is 0 Å². The van der Waals surface area contributed by atoms with Crippen LogP contribution < -0.4 is 11.1 Å². The lowest BCUT2D eigenvalue weighted by atomic mass is 10.2. The average molecular weight is 364 g/mol. The van der Waals surface area contributed by atoms with Gasteiger partial charge < -0.3 is 11.1 Å². The number of anilines is 1. The van der Waals surface area contributed by atoms with Crippen molar-refractivity contribution in [1.29, 1.82) is 0 Å². The molecule has 2 aromatic rings. The van der Waals surface area contributed by atoms with Gasteiger partial charge in [-0.1, -0.05) is 25.0 Å². The van der Waals surface area contributed by atoms with Crippen LogP contribution in [0.4, 0.5) is 5.69 Å². The molecule has 1 heterocycles. The first-order valence-electron chi connectivity index (χ1n) is 7.98. The standard InChI is InChI=1S/C18H21N3OS.ClH/c19-12-14-11-13(9-10-20-14)18(22)21-16-7-3-4-8-17(16)23-15-5-1-2-6-15;/h3-4,7-11,15H,1-2,5-6,12,19H2,(H,21,22);1H. The van der Waals surface area contributed by atoms with Crippen molar-refractivity contribution in [2.75, 3.05) is 5.32 Å². The Morgan fingerprint density at radius 1 is 1.25 bits per heavy atom. The van der Waals surface area contributed by atoms with Crippen molar-refractivity contribution in [3.63, 3.8) is 0 Å². The van der Waals surface area contributed by atoms with E-state index in [0.29, 0.717) is 23.1 Å². The van der Waals surface area contributed by atoms with Crippen LogP contribution in [-0.2, 0) is 6.54 Å². The Hall–Kier alpha value is -1.56. The Kier molecular flexibility index (Phi) is 7.09. The summed E-state index contributed by atoms with van der Waals surface area (Å²) in [6.07, 6.45) is 6.76. The molecule has 0 atom stereocenters. The molecule has 6 heteroatoms. The van der Waals surface area contributed by atoms with Crippen LogP contribution in [0.15, 0.2) is 47.5 Å². The summed E-state index contributed by atoms with van der Waals surface area (Å²) >= 11 is 1.88. The molecule has 1 saturated carbocycles. The largest absolute Gasteiger partial charge is 0.325 e. The molecule has 0 unspecified atom stereocenters. The van der Waals surface area contributed by atoms with Crippen LogP contribution in [0.25, 0.3) is 0 Å². The Labute approximate surface area is 153 Å². The molecule has 24 heavy (non-hydrogen) atoms. The minimum absolute atomic E-state index is 0. The molecule has 1 aliphatic rings. The normalized spacial score (nSPS) is 14.2. The summed E-state index contributed by atoms with van der Waals surface area (Å²) in [5.74, 6) is -0.124. The molecule has 1 aliphatic carbocycles. The number of thioether (sulfide) groups is 1. The maximum atomic E-state index is 12.5. The maximum Gasteiger partial charge on any atom is 0.255 e. The van der Waals surface area contributed by atoms with Crippen LogP contribution in [0.5, 0.6) is 0 Å². The fraction of sp³-hybridized carbons (Fsp3) is 0.333. The highest BCUT2D eigenvalue weighted by molar-refractivity contribution is 8.00. The number of benzene rings is 1. The van der Waals surface area contributed by atoms with Crippen molar-refractivity contribution in [2.45, 2.75) is 42.4 Å². The van der Waals surface area contributed by atoms with Crippen molar-refractivity contribution in [3.8, 4) is 0 Å². The third-order valence-corrected chi connectivity index (χ3v) is 5.43. The molecule has 0 aliphatic heterocycles. The van der Waals surface area contributed by atoms with Crippen molar-refractivity contribution in [2.24, 2.45) is 5.73 Å². The summed E-state index contributed by atoms with van der Waals surface area (Å²) in [4.78, 5) is 17.7. The topological polar surface area (TPSA) is 68.0 Å². The van der Waals surface area contributed by atoms with E-state index >= 15 is 0 Å². The maximum absolute atomic E-state index is 12.5. The van der Waals surface area contributed by atoms with E-state index in [1.54, 1.807) is 18.3 Å². The van der Waals surface area contributed by atoms with E-state index in [2.05, 4.69) is 16.4 Å². The second-order valence-electron chi connectivity index (χ2n) is 5.71. The molecule has 0 radical (unpaired) electrons. The van der Waals surface area contributed by atoms with Gasteiger partial charge in [0.05, 0.1) is 11.4 Å². The third kappa shape index (κ3) is 4.72. The zero-order valence-electron chi connectivity index (χ0n) is 13.4. The van der Waals surface area contributed by atoms with Crippen LogP contribution >= 0.6 is 24.2 Å². The van der Waals surface area contributed by atoms with Gasteiger partial charge in [0.25, 0.3) is 5.91 Å². The van der Waals surface area contributed by atoms with E-state index in [-0.39, 0.29) is 18.3 Å². The first-order valence-corrected chi connectivity index (χ1v) is 8.86. The van der Waals surface area contributed by atoms with Crippen LogP contribution in [0.2, 0.25) is 0 Å². The summed E-state index contributed by atoms with van der Waals surface area (Å²) < 4.78 is 0. The molecular weight excluding hydrogens is 342 g/mol. The number of hydrogen-bond donors (Lipinski definition) is 2. The molecule has 1 amide bonds. The zero-order valence-corrected chi connectivity index (χ0v) is 15.0. The van der Waals surface area contributed by atoms with Gasteiger partial charge in [0.2, 0.25) is 0 Å². The van der Waals surface area contributed by atoms with Crippen molar-refractivity contribution in [1.82, 2.24) is 4.98 Å². The molecule has 4 nitrogen and oxygen atoms in total. The number of rotatable bonds is 5. The molecule has 0 bridgehead atoms. The first-order chi connectivity index (χ1) is 11.3. The molecule has 3 rings (SSSR count). The van der Waals surface area contributed by atoms with Crippen molar-refractivity contribution < 1.29 is 4.79 Å². The van der Waals surface area contributed by atoms with Gasteiger partial charge in [-0.05, 0) is 37.1 Å². The van der Waals surface area contributed by atoms with Gasteiger partial charge in [0, 0.05) is 28.5 Å². The molecule has 3 N–H and O–H groups in total. The Morgan fingerprint density at radius 3 is 2.75 bits per heavy atom. The van der Waals surface area contributed by atoms with E-state index in [0.717, 1.165) is 10.6 Å². The lowest BCUT2D eigenvalue weighted by Gasteiger charge is -2.14. The fourth-order valence-electron chi connectivity index (χ4n) is 2.78. The Balaban J connectivity index is 0.00000208. The molecule has 0 spiro atoms. The molecule has 0 saturated heterocycles. The number of carbonyl (C=O) groups excluding carboxylic acids is 1. The summed E-state index contributed by atoms with van der Waals surface area (Å²) in [6.45, 7) is 0.329. The van der Waals surface area contributed by atoms with E-state index < -0.39 is 0 Å². The molecule has 1 fully saturated rings. The number of nitrogens with zero attached hydrogens (tertiary/aromatic N) is 1. The number of carbonyl (C=O) groups is 1. The van der Waals surface area contributed by atoms with Gasteiger partial charge in [-0.15, -0.1) is 24.2 Å². The quantitative estimate of drug-likeness (QED) is 0.833. The minimum Gasteiger partial charge on any atom is -0.325 e. The molecule has 128 valence electrons. The predicted molar refractivity (Wildman–Crippen MR) is 102 cm³/mol. The second-order valence-corrected chi connectivity index (χ2v) is 7.06. The van der Waals surface area contributed by atoms with Crippen molar-refractivity contribution >= 4 is 35.8 Å². The Morgan fingerprint density at radius 2 is 2.00 bits per heavy atom. The number of aromatic nitrogens is 1. The number of nitrogens with one attached hydrogen (secondary N) is 1. The van der Waals surface area contributed by atoms with E-state index in [1.807, 2.05) is 30.0 Å². The zero-order chi connectivity index (χ0) is 16.1. The lowest BCUT2D eigenvalue weighted by Crippen LogP contribution is -2.14. The fourth-order valence-corrected chi connectivity index (χ4v) is 4.12. The summed E-state index contributed by atoms with van der Waals surface area (Å²) in [7, 11) is 0. The van der Waals surface area contributed by atoms with E-state index in [9.17, 15) is 4.79 Å². The number of amides is 1. The number of nitrogens with two attached hydrogens (primary N) is 1. The molecule has 1 aromatic carbocycles. The van der Waals surface area contributed by atoms with Gasteiger partial charge >= 0.3 is 0 Å². The average Bonchev–Trinajstić information content (AvgIpc) is 3.09. The van der Waals surface area contributed by atoms with Gasteiger partial charge in [-0.25, -0.2) is 0 Å². The number of hydrogen-bond acceptors (Lipinski definition) is 4. The number of para-hydroxylation sites is 1. The van der Waals surface area contributed by atoms with Crippen LogP contribution in [0.1, 0.15) is 41.7 Å². The highest BCUT2D eigenvalue weighted by Crippen LogP contribution is 2.38. The highest BCUT2D eigenvalue weighted by atomic mass is 35.5. The summed E-state index contributed by atoms with van der Waals surface area (Å²) in [5, 5.41) is 3.69. The SMILES string of the molecule is Cl.NCc1cc(C(=O)Nc2ccccc2SC2CCCC2)ccn1. The number of pyridine rings is 1. The monoisotopic (exact) mass is 363 g/mol. The third-order valence-electron chi connectivity index (χ3n) is 4.02. The predicted octanol–water partition coefficient (Wildman–Crippen LogP) is 4.25. The van der Waals surface area contributed by atoms with Crippen LogP contribution in [-0.4, -0.2) is 16.1 Å². The van der Waals surface area contributed by atoms with Gasteiger partial charge in [0.1, 0.15) is 0 Å². The van der Waals surface area contributed by atoms with E-state index in [4.69, 9.17) is 5.73 Å². The first kappa shape index (κ1) is 18.8. The second kappa shape index (κ2) is 9.06. The highest BCUT2D eigenvalue weighted by Gasteiger charge is 2.18. The smallest absolute Gasteiger partial charge is 0.255 e. The summed E-state index contributed by atoms with van der Waals surface area (Å²) in [5.41, 5.74) is 7.76. The lowest BCUT2D eigenvalue weighted by molar-refractivity contribution is 0.102. The Bertz CT molecular complexity index is 689. The van der Waals surface area contributed by atoms with Crippen molar-refractivity contribution in [3.05, 3.63) is 53.9 Å². The van der Waals surface area contributed by atoms with Crippen LogP contribution in [0.3, 0.4) is 0 Å². The van der Waals surface area contributed by atoms with Gasteiger partial charge in [0.15, 0.2) is 0 Å². The minimum atomic E-state index is -0.124. The number of halogens is 1. The summed E-state index contributed by atoms with van der Waals surface area (Å²) in [6, 6.07) is 11.5. The molecular formula is C18H22ClN3OS. The van der Waals surface area contributed by atoms with Gasteiger partial charge in [-0.2, -0.15) is 0 Å². The molecule has 1 aromatic heterocycles. The van der Waals surface area contributed by atoms with E-state index in [1.165, 1.54) is 25.7 Å². The van der Waals surface area contributed by atoms with Gasteiger partial charge in [-0.3, -0.25) is 9.78 Å².